The predicted octanol–water partition coefficient (Wildman–Crippen LogP) is 3.80. The van der Waals surface area contributed by atoms with Gasteiger partial charge in [0.15, 0.2) is 0 Å². The molecule has 0 aliphatic heterocycles. The average Bonchev–Trinajstić information content (AvgIpc) is 2.43. The van der Waals surface area contributed by atoms with Crippen LogP contribution in [0.3, 0.4) is 0 Å². The third-order valence-corrected chi connectivity index (χ3v) is 5.44. The minimum absolute atomic E-state index is 0. The topological polar surface area (TPSA) is 55.1 Å². The van der Waals surface area contributed by atoms with E-state index in [9.17, 15) is 18.0 Å². The number of nitrogens with two attached hydrogens (primary N) is 1. The van der Waals surface area contributed by atoms with Crippen molar-refractivity contribution < 1.29 is 18.0 Å². The van der Waals surface area contributed by atoms with E-state index < -0.39 is 23.6 Å². The van der Waals surface area contributed by atoms with Crippen LogP contribution in [0.2, 0.25) is 0 Å². The summed E-state index contributed by atoms with van der Waals surface area (Å²) in [6.45, 7) is 1.99. The highest BCUT2D eigenvalue weighted by Crippen LogP contribution is 2.41. The molecule has 7 heteroatoms. The molecule has 0 aromatic carbocycles. The molecule has 3 nitrogen and oxygen atoms in total. The van der Waals surface area contributed by atoms with Crippen LogP contribution in [-0.2, 0) is 4.79 Å². The molecule has 0 spiro atoms. The lowest BCUT2D eigenvalue weighted by Gasteiger charge is -2.38. The maximum absolute atomic E-state index is 13.1. The third kappa shape index (κ3) is 5.24. The highest BCUT2D eigenvalue weighted by Gasteiger charge is 2.45. The Morgan fingerprint density at radius 2 is 1.78 bits per heavy atom. The van der Waals surface area contributed by atoms with Crippen molar-refractivity contribution in [3.05, 3.63) is 0 Å². The van der Waals surface area contributed by atoms with E-state index in [1.54, 1.807) is 0 Å². The summed E-state index contributed by atoms with van der Waals surface area (Å²) < 4.78 is 39.2. The molecule has 2 rings (SSSR count). The molecule has 0 aromatic heterocycles. The van der Waals surface area contributed by atoms with Gasteiger partial charge in [0.2, 0.25) is 5.91 Å². The number of halogens is 4. The molecule has 4 atom stereocenters. The summed E-state index contributed by atoms with van der Waals surface area (Å²) in [7, 11) is 0. The Balaban J connectivity index is 0.00000264. The normalized spacial score (nSPS) is 35.3. The highest BCUT2D eigenvalue weighted by atomic mass is 35.5. The Labute approximate surface area is 142 Å². The van der Waals surface area contributed by atoms with E-state index in [-0.39, 0.29) is 37.2 Å². The molecule has 0 aromatic rings. The number of rotatable bonds is 3. The molecule has 3 N–H and O–H groups in total. The average molecular weight is 357 g/mol. The van der Waals surface area contributed by atoms with Crippen molar-refractivity contribution in [2.75, 3.05) is 6.54 Å². The number of carbonyl (C=O) groups is 1. The lowest BCUT2D eigenvalue weighted by molar-refractivity contribution is -0.196. The van der Waals surface area contributed by atoms with Crippen molar-refractivity contribution in [2.24, 2.45) is 23.5 Å². The Morgan fingerprint density at radius 1 is 1.17 bits per heavy atom. The molecular weight excluding hydrogens is 329 g/mol. The minimum atomic E-state index is -4.16. The molecule has 2 aliphatic carbocycles. The molecule has 2 fully saturated rings. The van der Waals surface area contributed by atoms with Crippen LogP contribution >= 0.6 is 12.4 Å². The Morgan fingerprint density at radius 3 is 2.39 bits per heavy atom. The van der Waals surface area contributed by atoms with Crippen LogP contribution in [0.1, 0.15) is 58.3 Å². The van der Waals surface area contributed by atoms with Crippen LogP contribution in [0.5, 0.6) is 0 Å². The highest BCUT2D eigenvalue weighted by molar-refractivity contribution is 5.85. The van der Waals surface area contributed by atoms with Gasteiger partial charge in [0.1, 0.15) is 0 Å². The predicted molar refractivity (Wildman–Crippen MR) is 86.3 cm³/mol. The van der Waals surface area contributed by atoms with Gasteiger partial charge in [-0.25, -0.2) is 0 Å². The third-order valence-electron chi connectivity index (χ3n) is 5.44. The summed E-state index contributed by atoms with van der Waals surface area (Å²) in [6.07, 6.45) is 1.48. The van der Waals surface area contributed by atoms with Gasteiger partial charge in [-0.15, -0.1) is 12.4 Å². The lowest BCUT2D eigenvalue weighted by Crippen LogP contribution is -2.53. The number of hydrogen-bond donors (Lipinski definition) is 2. The summed E-state index contributed by atoms with van der Waals surface area (Å²) in [5.74, 6) is -2.23. The SMILES string of the molecule is CC1(N)CCCCC1C(=O)NCC1CCCCC1C(F)(F)F.Cl. The standard InChI is InChI=1S/C16H27F3N2O.ClH/c1-15(20)9-5-4-8-13(15)14(22)21-10-11-6-2-3-7-12(11)16(17,18)19;/h11-13H,2-10,20H2,1H3,(H,21,22);1H. The van der Waals surface area contributed by atoms with Crippen LogP contribution in [0.4, 0.5) is 13.2 Å². The zero-order chi connectivity index (χ0) is 16.4. The van der Waals surface area contributed by atoms with Crippen molar-refractivity contribution in [3.63, 3.8) is 0 Å². The number of carbonyl (C=O) groups excluding carboxylic acids is 1. The molecule has 23 heavy (non-hydrogen) atoms. The van der Waals surface area contributed by atoms with E-state index in [1.807, 2.05) is 6.92 Å². The molecule has 0 saturated heterocycles. The Kier molecular flexibility index (Phi) is 7.20. The van der Waals surface area contributed by atoms with Gasteiger partial charge in [0.25, 0.3) is 0 Å². The fourth-order valence-corrected chi connectivity index (χ4v) is 4.03. The fourth-order valence-electron chi connectivity index (χ4n) is 4.03. The van der Waals surface area contributed by atoms with Crippen LogP contribution in [0, 0.1) is 17.8 Å². The van der Waals surface area contributed by atoms with E-state index in [1.165, 1.54) is 0 Å². The maximum atomic E-state index is 13.1. The van der Waals surface area contributed by atoms with Gasteiger partial charge in [-0.3, -0.25) is 4.79 Å². The molecule has 136 valence electrons. The molecule has 4 unspecified atom stereocenters. The summed E-state index contributed by atoms with van der Waals surface area (Å²) in [5, 5.41) is 2.76. The van der Waals surface area contributed by atoms with Crippen molar-refractivity contribution in [3.8, 4) is 0 Å². The summed E-state index contributed by atoms with van der Waals surface area (Å²) in [6, 6.07) is 0. The largest absolute Gasteiger partial charge is 0.392 e. The second-order valence-corrected chi connectivity index (χ2v) is 7.24. The second-order valence-electron chi connectivity index (χ2n) is 7.24. The zero-order valence-corrected chi connectivity index (χ0v) is 14.4. The minimum Gasteiger partial charge on any atom is -0.356 e. The van der Waals surface area contributed by atoms with Gasteiger partial charge >= 0.3 is 6.18 Å². The number of amides is 1. The first-order valence-electron chi connectivity index (χ1n) is 8.35. The van der Waals surface area contributed by atoms with Gasteiger partial charge in [0, 0.05) is 12.1 Å². The monoisotopic (exact) mass is 356 g/mol. The lowest BCUT2D eigenvalue weighted by atomic mass is 9.74. The summed E-state index contributed by atoms with van der Waals surface area (Å²) in [5.41, 5.74) is 5.64. The van der Waals surface area contributed by atoms with Crippen LogP contribution in [0.15, 0.2) is 0 Å². The fraction of sp³-hybridized carbons (Fsp3) is 0.938. The first-order valence-corrected chi connectivity index (χ1v) is 8.35. The molecule has 1 amide bonds. The summed E-state index contributed by atoms with van der Waals surface area (Å²) >= 11 is 0. The van der Waals surface area contributed by atoms with Crippen LogP contribution in [-0.4, -0.2) is 24.2 Å². The molecule has 0 heterocycles. The quantitative estimate of drug-likeness (QED) is 0.808. The second kappa shape index (κ2) is 8.06. The van der Waals surface area contributed by atoms with E-state index in [2.05, 4.69) is 5.32 Å². The van der Waals surface area contributed by atoms with Gasteiger partial charge in [-0.2, -0.15) is 13.2 Å². The van der Waals surface area contributed by atoms with Gasteiger partial charge < -0.3 is 11.1 Å². The number of alkyl halides is 3. The molecular formula is C16H28ClF3N2O. The van der Waals surface area contributed by atoms with Gasteiger partial charge in [-0.1, -0.05) is 25.7 Å². The van der Waals surface area contributed by atoms with E-state index in [4.69, 9.17) is 5.73 Å². The smallest absolute Gasteiger partial charge is 0.356 e. The van der Waals surface area contributed by atoms with E-state index in [0.717, 1.165) is 32.1 Å². The van der Waals surface area contributed by atoms with Gasteiger partial charge in [0.05, 0.1) is 11.8 Å². The number of nitrogens with one attached hydrogen (secondary N) is 1. The van der Waals surface area contributed by atoms with Gasteiger partial charge in [-0.05, 0) is 38.5 Å². The van der Waals surface area contributed by atoms with Crippen LogP contribution in [0.25, 0.3) is 0 Å². The Bertz CT molecular complexity index is 401. The first kappa shape index (κ1) is 20.6. The van der Waals surface area contributed by atoms with Crippen molar-refractivity contribution >= 4 is 18.3 Å². The molecule has 0 radical (unpaired) electrons. The Hall–Kier alpha value is -0.490. The molecule has 0 bridgehead atoms. The molecule has 2 saturated carbocycles. The van der Waals surface area contributed by atoms with Crippen LogP contribution < -0.4 is 11.1 Å². The van der Waals surface area contributed by atoms with E-state index >= 15 is 0 Å². The first-order chi connectivity index (χ1) is 10.2. The molecule has 2 aliphatic rings. The van der Waals surface area contributed by atoms with Crippen molar-refractivity contribution in [1.29, 1.82) is 0 Å². The maximum Gasteiger partial charge on any atom is 0.392 e. The zero-order valence-electron chi connectivity index (χ0n) is 13.6. The number of hydrogen-bond acceptors (Lipinski definition) is 2. The summed E-state index contributed by atoms with van der Waals surface area (Å²) in [4.78, 5) is 12.3. The van der Waals surface area contributed by atoms with E-state index in [0.29, 0.717) is 12.8 Å². The van der Waals surface area contributed by atoms with Crippen molar-refractivity contribution in [2.45, 2.75) is 70.0 Å². The van der Waals surface area contributed by atoms with Crippen molar-refractivity contribution in [1.82, 2.24) is 5.32 Å².